The SMILES string of the molecule is N#Cc1ccc(N2CCCCN2C(=O)Cc2ccccc2F)c2ccccc12. The lowest BCUT2D eigenvalue weighted by molar-refractivity contribution is -0.132. The zero-order chi connectivity index (χ0) is 19.5. The molecule has 3 aromatic rings. The Morgan fingerprint density at radius 1 is 0.964 bits per heavy atom. The van der Waals surface area contributed by atoms with Gasteiger partial charge >= 0.3 is 0 Å². The van der Waals surface area contributed by atoms with E-state index in [0.29, 0.717) is 24.2 Å². The minimum absolute atomic E-state index is 0.0252. The first-order valence-electron chi connectivity index (χ1n) is 9.42. The average Bonchev–Trinajstić information content (AvgIpc) is 2.74. The molecule has 4 nitrogen and oxygen atoms in total. The summed E-state index contributed by atoms with van der Waals surface area (Å²) in [6, 6.07) is 20.1. The van der Waals surface area contributed by atoms with Gasteiger partial charge in [0.15, 0.2) is 0 Å². The topological polar surface area (TPSA) is 47.3 Å². The molecule has 0 radical (unpaired) electrons. The van der Waals surface area contributed by atoms with Gasteiger partial charge in [0.1, 0.15) is 5.82 Å². The number of fused-ring (bicyclic) bond motifs is 1. The van der Waals surface area contributed by atoms with E-state index in [1.54, 1.807) is 29.3 Å². The van der Waals surface area contributed by atoms with Gasteiger partial charge in [0, 0.05) is 23.9 Å². The molecule has 140 valence electrons. The van der Waals surface area contributed by atoms with Crippen molar-refractivity contribution in [3.05, 3.63) is 77.6 Å². The van der Waals surface area contributed by atoms with Crippen LogP contribution in [-0.2, 0) is 11.2 Å². The minimum Gasteiger partial charge on any atom is -0.282 e. The normalized spacial score (nSPS) is 14.1. The number of nitrogens with zero attached hydrogens (tertiary/aromatic N) is 3. The van der Waals surface area contributed by atoms with Gasteiger partial charge in [-0.25, -0.2) is 4.39 Å². The maximum atomic E-state index is 14.0. The summed E-state index contributed by atoms with van der Waals surface area (Å²) in [7, 11) is 0. The van der Waals surface area contributed by atoms with Gasteiger partial charge in [-0.3, -0.25) is 14.8 Å². The van der Waals surface area contributed by atoms with Crippen LogP contribution in [0.5, 0.6) is 0 Å². The van der Waals surface area contributed by atoms with Crippen molar-refractivity contribution >= 4 is 22.4 Å². The summed E-state index contributed by atoms with van der Waals surface area (Å²) in [6.45, 7) is 1.31. The number of benzene rings is 3. The number of nitriles is 1. The van der Waals surface area contributed by atoms with E-state index in [4.69, 9.17) is 0 Å². The van der Waals surface area contributed by atoms with Crippen molar-refractivity contribution in [2.24, 2.45) is 0 Å². The number of hydrogen-bond donors (Lipinski definition) is 0. The van der Waals surface area contributed by atoms with Gasteiger partial charge in [0.2, 0.25) is 5.91 Å². The van der Waals surface area contributed by atoms with Gasteiger partial charge in [-0.05, 0) is 36.6 Å². The van der Waals surface area contributed by atoms with Crippen LogP contribution in [0.15, 0.2) is 60.7 Å². The molecular formula is C23H20FN3O. The molecule has 1 fully saturated rings. The fourth-order valence-electron chi connectivity index (χ4n) is 3.78. The predicted octanol–water partition coefficient (Wildman–Crippen LogP) is 4.44. The van der Waals surface area contributed by atoms with Crippen molar-refractivity contribution in [1.82, 2.24) is 5.01 Å². The highest BCUT2D eigenvalue weighted by Gasteiger charge is 2.27. The van der Waals surface area contributed by atoms with Gasteiger partial charge in [-0.1, -0.05) is 42.5 Å². The van der Waals surface area contributed by atoms with Crippen LogP contribution in [0.3, 0.4) is 0 Å². The van der Waals surface area contributed by atoms with Crippen molar-refractivity contribution in [2.75, 3.05) is 18.1 Å². The number of carbonyl (C=O) groups excluding carboxylic acids is 1. The molecule has 0 N–H and O–H groups in total. The Morgan fingerprint density at radius 3 is 2.46 bits per heavy atom. The molecule has 1 saturated heterocycles. The van der Waals surface area contributed by atoms with Crippen LogP contribution in [0.2, 0.25) is 0 Å². The van der Waals surface area contributed by atoms with Crippen molar-refractivity contribution < 1.29 is 9.18 Å². The van der Waals surface area contributed by atoms with Gasteiger partial charge in [0.25, 0.3) is 0 Å². The first-order valence-corrected chi connectivity index (χ1v) is 9.42. The van der Waals surface area contributed by atoms with E-state index < -0.39 is 0 Å². The highest BCUT2D eigenvalue weighted by molar-refractivity contribution is 5.98. The quantitative estimate of drug-likeness (QED) is 0.682. The summed E-state index contributed by atoms with van der Waals surface area (Å²) in [5.74, 6) is -0.485. The van der Waals surface area contributed by atoms with Gasteiger partial charge < -0.3 is 0 Å². The van der Waals surface area contributed by atoms with Crippen LogP contribution in [0.25, 0.3) is 10.8 Å². The third kappa shape index (κ3) is 3.29. The molecule has 0 unspecified atom stereocenters. The van der Waals surface area contributed by atoms with Crippen molar-refractivity contribution in [2.45, 2.75) is 19.3 Å². The first kappa shape index (κ1) is 18.0. The van der Waals surface area contributed by atoms with Crippen molar-refractivity contribution in [3.8, 4) is 6.07 Å². The Bertz CT molecular complexity index is 1070. The van der Waals surface area contributed by atoms with Gasteiger partial charge in [0.05, 0.1) is 23.7 Å². The molecule has 1 amide bonds. The number of amides is 1. The Hall–Kier alpha value is -3.39. The van der Waals surface area contributed by atoms with Gasteiger partial charge in [-0.15, -0.1) is 0 Å². The number of carbonyl (C=O) groups is 1. The molecule has 0 atom stereocenters. The smallest absolute Gasteiger partial charge is 0.245 e. The third-order valence-electron chi connectivity index (χ3n) is 5.17. The zero-order valence-electron chi connectivity index (χ0n) is 15.4. The lowest BCUT2D eigenvalue weighted by Crippen LogP contribution is -2.51. The Labute approximate surface area is 163 Å². The van der Waals surface area contributed by atoms with Crippen LogP contribution in [0, 0.1) is 17.1 Å². The molecule has 0 saturated carbocycles. The molecule has 0 aromatic heterocycles. The van der Waals surface area contributed by atoms with E-state index in [1.807, 2.05) is 35.3 Å². The fraction of sp³-hybridized carbons (Fsp3) is 0.217. The molecule has 3 aromatic carbocycles. The number of hydrogen-bond acceptors (Lipinski definition) is 3. The van der Waals surface area contributed by atoms with Crippen LogP contribution in [-0.4, -0.2) is 24.0 Å². The first-order chi connectivity index (χ1) is 13.7. The third-order valence-corrected chi connectivity index (χ3v) is 5.17. The van der Waals surface area contributed by atoms with E-state index >= 15 is 0 Å². The summed E-state index contributed by atoms with van der Waals surface area (Å²) in [5.41, 5.74) is 1.92. The van der Waals surface area contributed by atoms with Crippen LogP contribution in [0.4, 0.5) is 10.1 Å². The summed E-state index contributed by atoms with van der Waals surface area (Å²) >= 11 is 0. The fourth-order valence-corrected chi connectivity index (χ4v) is 3.78. The van der Waals surface area contributed by atoms with Gasteiger partial charge in [-0.2, -0.15) is 5.26 Å². The number of anilines is 1. The highest BCUT2D eigenvalue weighted by atomic mass is 19.1. The molecule has 5 heteroatoms. The van der Waals surface area contributed by atoms with Crippen LogP contribution >= 0.6 is 0 Å². The second-order valence-corrected chi connectivity index (χ2v) is 6.90. The second kappa shape index (κ2) is 7.69. The van der Waals surface area contributed by atoms with E-state index in [-0.39, 0.29) is 18.1 Å². The lowest BCUT2D eigenvalue weighted by Gasteiger charge is -2.41. The number of rotatable bonds is 3. The van der Waals surface area contributed by atoms with Crippen LogP contribution < -0.4 is 5.01 Å². The summed E-state index contributed by atoms with van der Waals surface area (Å²) in [6.07, 6.45) is 1.91. The van der Waals surface area contributed by atoms with Crippen molar-refractivity contribution in [1.29, 1.82) is 5.26 Å². The molecule has 1 aliphatic rings. The summed E-state index contributed by atoms with van der Waals surface area (Å²) in [5, 5.41) is 14.9. The average molecular weight is 373 g/mol. The largest absolute Gasteiger partial charge is 0.282 e. The molecule has 4 rings (SSSR count). The Kier molecular flexibility index (Phi) is 4.94. The molecule has 0 spiro atoms. The summed E-state index contributed by atoms with van der Waals surface area (Å²) < 4.78 is 14.0. The Morgan fingerprint density at radius 2 is 1.68 bits per heavy atom. The van der Waals surface area contributed by atoms with E-state index in [9.17, 15) is 14.4 Å². The van der Waals surface area contributed by atoms with Crippen LogP contribution in [0.1, 0.15) is 24.0 Å². The Balaban J connectivity index is 1.70. The molecule has 0 aliphatic carbocycles. The van der Waals surface area contributed by atoms with E-state index in [2.05, 4.69) is 6.07 Å². The molecule has 1 aliphatic heterocycles. The maximum absolute atomic E-state index is 14.0. The highest BCUT2D eigenvalue weighted by Crippen LogP contribution is 2.32. The number of halogens is 1. The standard InChI is InChI=1S/C23H20FN3O/c24-21-10-4-1-7-17(21)15-23(28)27-14-6-5-13-26(27)22-12-11-18(16-25)19-8-2-3-9-20(19)22/h1-4,7-12H,5-6,13-15H2. The lowest BCUT2D eigenvalue weighted by atomic mass is 10.0. The second-order valence-electron chi connectivity index (χ2n) is 6.90. The minimum atomic E-state index is -0.358. The monoisotopic (exact) mass is 373 g/mol. The predicted molar refractivity (Wildman–Crippen MR) is 107 cm³/mol. The summed E-state index contributed by atoms with van der Waals surface area (Å²) in [4.78, 5) is 13.0. The molecular weight excluding hydrogens is 353 g/mol. The van der Waals surface area contributed by atoms with E-state index in [1.165, 1.54) is 6.07 Å². The van der Waals surface area contributed by atoms with E-state index in [0.717, 1.165) is 29.3 Å². The maximum Gasteiger partial charge on any atom is 0.245 e. The zero-order valence-corrected chi connectivity index (χ0v) is 15.4. The number of hydrazine groups is 1. The van der Waals surface area contributed by atoms with Crippen molar-refractivity contribution in [3.63, 3.8) is 0 Å². The molecule has 28 heavy (non-hydrogen) atoms. The molecule has 1 heterocycles. The molecule has 0 bridgehead atoms.